The highest BCUT2D eigenvalue weighted by Crippen LogP contribution is 2.31. The zero-order chi connectivity index (χ0) is 17.8. The van der Waals surface area contributed by atoms with Crippen LogP contribution in [0, 0.1) is 6.92 Å². The van der Waals surface area contributed by atoms with Crippen LogP contribution < -0.4 is 14.8 Å². The number of esters is 1. The van der Waals surface area contributed by atoms with E-state index in [1.807, 2.05) is 31.2 Å². The van der Waals surface area contributed by atoms with E-state index >= 15 is 0 Å². The average molecular weight is 341 g/mol. The second kappa shape index (κ2) is 7.25. The van der Waals surface area contributed by atoms with E-state index in [1.165, 1.54) is 6.92 Å². The minimum atomic E-state index is -0.950. The van der Waals surface area contributed by atoms with Crippen LogP contribution in [0.3, 0.4) is 0 Å². The smallest absolute Gasteiger partial charge is 0.351 e. The van der Waals surface area contributed by atoms with Gasteiger partial charge in [0.1, 0.15) is 6.61 Å². The number of amides is 1. The summed E-state index contributed by atoms with van der Waals surface area (Å²) in [7, 11) is 0. The SMILES string of the molecule is Cc1cccc(NC(=O)[C@@H](C)OC(=O)[C@H]2COc3ccccc3O2)c1. The van der Waals surface area contributed by atoms with Crippen molar-refractivity contribution < 1.29 is 23.8 Å². The zero-order valence-corrected chi connectivity index (χ0v) is 14.0. The summed E-state index contributed by atoms with van der Waals surface area (Å²) in [5, 5.41) is 2.72. The van der Waals surface area contributed by atoms with Gasteiger partial charge in [-0.1, -0.05) is 24.3 Å². The second-order valence-corrected chi connectivity index (χ2v) is 5.80. The van der Waals surface area contributed by atoms with E-state index in [0.717, 1.165) is 5.56 Å². The van der Waals surface area contributed by atoms with Crippen molar-refractivity contribution in [2.75, 3.05) is 11.9 Å². The first kappa shape index (κ1) is 16.8. The average Bonchev–Trinajstić information content (AvgIpc) is 2.61. The van der Waals surface area contributed by atoms with Crippen molar-refractivity contribution in [1.29, 1.82) is 0 Å². The molecular formula is C19H19NO5. The van der Waals surface area contributed by atoms with Gasteiger partial charge in [-0.15, -0.1) is 0 Å². The number of hydrogen-bond donors (Lipinski definition) is 1. The standard InChI is InChI=1S/C19H19NO5/c1-12-6-5-7-14(10-12)20-18(21)13(2)24-19(22)17-11-23-15-8-3-4-9-16(15)25-17/h3-10,13,17H,11H2,1-2H3,(H,20,21)/t13-,17-/m1/s1. The minimum Gasteiger partial charge on any atom is -0.485 e. The van der Waals surface area contributed by atoms with Crippen molar-refractivity contribution >= 4 is 17.6 Å². The van der Waals surface area contributed by atoms with Crippen molar-refractivity contribution in [2.45, 2.75) is 26.1 Å². The molecule has 25 heavy (non-hydrogen) atoms. The fourth-order valence-corrected chi connectivity index (χ4v) is 2.41. The van der Waals surface area contributed by atoms with Gasteiger partial charge in [0.05, 0.1) is 0 Å². The third kappa shape index (κ3) is 4.09. The van der Waals surface area contributed by atoms with Gasteiger partial charge in [-0.05, 0) is 43.7 Å². The number of rotatable bonds is 4. The van der Waals surface area contributed by atoms with Crippen LogP contribution in [0.25, 0.3) is 0 Å². The number of carbonyl (C=O) groups is 2. The molecule has 0 unspecified atom stereocenters. The Bertz CT molecular complexity index is 789. The number of benzene rings is 2. The van der Waals surface area contributed by atoms with E-state index in [2.05, 4.69) is 5.32 Å². The number of aryl methyl sites for hydroxylation is 1. The number of fused-ring (bicyclic) bond motifs is 1. The predicted molar refractivity (Wildman–Crippen MR) is 91.7 cm³/mol. The normalized spacial score (nSPS) is 16.6. The van der Waals surface area contributed by atoms with Crippen LogP contribution in [0.2, 0.25) is 0 Å². The second-order valence-electron chi connectivity index (χ2n) is 5.80. The molecule has 2 atom stereocenters. The molecule has 1 amide bonds. The summed E-state index contributed by atoms with van der Waals surface area (Å²) < 4.78 is 16.3. The first-order chi connectivity index (χ1) is 12.0. The molecule has 1 aliphatic rings. The van der Waals surface area contributed by atoms with Crippen LogP contribution in [-0.2, 0) is 14.3 Å². The number of para-hydroxylation sites is 2. The summed E-state index contributed by atoms with van der Waals surface area (Å²) in [5.74, 6) is 0.0156. The Morgan fingerprint density at radius 3 is 2.68 bits per heavy atom. The fourth-order valence-electron chi connectivity index (χ4n) is 2.41. The molecule has 2 aromatic carbocycles. The van der Waals surface area contributed by atoms with Crippen LogP contribution in [0.15, 0.2) is 48.5 Å². The van der Waals surface area contributed by atoms with Gasteiger partial charge in [-0.3, -0.25) is 4.79 Å². The Morgan fingerprint density at radius 1 is 1.16 bits per heavy atom. The number of anilines is 1. The van der Waals surface area contributed by atoms with Crippen molar-refractivity contribution in [3.05, 3.63) is 54.1 Å². The number of nitrogens with one attached hydrogen (secondary N) is 1. The predicted octanol–water partition coefficient (Wildman–Crippen LogP) is 2.71. The van der Waals surface area contributed by atoms with Crippen LogP contribution >= 0.6 is 0 Å². The highest BCUT2D eigenvalue weighted by Gasteiger charge is 2.31. The highest BCUT2D eigenvalue weighted by molar-refractivity contribution is 5.95. The van der Waals surface area contributed by atoms with Gasteiger partial charge < -0.3 is 19.5 Å². The first-order valence-corrected chi connectivity index (χ1v) is 7.99. The van der Waals surface area contributed by atoms with Crippen LogP contribution in [0.4, 0.5) is 5.69 Å². The summed E-state index contributed by atoms with van der Waals surface area (Å²) in [6, 6.07) is 14.4. The van der Waals surface area contributed by atoms with Gasteiger partial charge in [0.25, 0.3) is 5.91 Å². The Morgan fingerprint density at radius 2 is 1.92 bits per heavy atom. The van der Waals surface area contributed by atoms with E-state index in [9.17, 15) is 9.59 Å². The van der Waals surface area contributed by atoms with E-state index < -0.39 is 24.1 Å². The molecule has 1 N–H and O–H groups in total. The molecular weight excluding hydrogens is 322 g/mol. The number of ether oxygens (including phenoxy) is 3. The molecule has 0 radical (unpaired) electrons. The van der Waals surface area contributed by atoms with Crippen molar-refractivity contribution in [2.24, 2.45) is 0 Å². The third-order valence-corrected chi connectivity index (χ3v) is 3.72. The van der Waals surface area contributed by atoms with E-state index in [1.54, 1.807) is 24.3 Å². The molecule has 6 nitrogen and oxygen atoms in total. The molecule has 1 aliphatic heterocycles. The highest BCUT2D eigenvalue weighted by atomic mass is 16.6. The Labute approximate surface area is 145 Å². The maximum Gasteiger partial charge on any atom is 0.351 e. The summed E-state index contributed by atoms with van der Waals surface area (Å²) in [6.45, 7) is 3.49. The minimum absolute atomic E-state index is 0.0437. The van der Waals surface area contributed by atoms with Gasteiger partial charge >= 0.3 is 5.97 Å². The maximum atomic E-state index is 12.2. The molecule has 0 aromatic heterocycles. The molecule has 130 valence electrons. The van der Waals surface area contributed by atoms with Crippen molar-refractivity contribution in [3.63, 3.8) is 0 Å². The van der Waals surface area contributed by atoms with E-state index in [0.29, 0.717) is 17.2 Å². The lowest BCUT2D eigenvalue weighted by atomic mass is 10.2. The zero-order valence-electron chi connectivity index (χ0n) is 14.0. The first-order valence-electron chi connectivity index (χ1n) is 7.99. The topological polar surface area (TPSA) is 73.9 Å². The number of hydrogen-bond acceptors (Lipinski definition) is 5. The maximum absolute atomic E-state index is 12.2. The van der Waals surface area contributed by atoms with Gasteiger partial charge in [-0.2, -0.15) is 0 Å². The monoisotopic (exact) mass is 341 g/mol. The number of carbonyl (C=O) groups excluding carboxylic acids is 2. The molecule has 1 heterocycles. The molecule has 0 saturated heterocycles. The molecule has 2 aromatic rings. The molecule has 0 aliphatic carbocycles. The quantitative estimate of drug-likeness (QED) is 0.866. The van der Waals surface area contributed by atoms with Gasteiger partial charge in [-0.25, -0.2) is 4.79 Å². The molecule has 0 fully saturated rings. The lowest BCUT2D eigenvalue weighted by molar-refractivity contribution is -0.162. The molecule has 0 saturated carbocycles. The van der Waals surface area contributed by atoms with Crippen LogP contribution in [0.5, 0.6) is 11.5 Å². The van der Waals surface area contributed by atoms with Crippen LogP contribution in [-0.4, -0.2) is 30.7 Å². The summed E-state index contributed by atoms with van der Waals surface area (Å²) >= 11 is 0. The third-order valence-electron chi connectivity index (χ3n) is 3.72. The lowest BCUT2D eigenvalue weighted by Crippen LogP contribution is -2.41. The molecule has 3 rings (SSSR count). The molecule has 0 bridgehead atoms. The van der Waals surface area contributed by atoms with Gasteiger partial charge in [0, 0.05) is 5.69 Å². The Balaban J connectivity index is 1.56. The van der Waals surface area contributed by atoms with Gasteiger partial charge in [0.15, 0.2) is 17.6 Å². The molecule has 6 heteroatoms. The Hall–Kier alpha value is -3.02. The van der Waals surface area contributed by atoms with Gasteiger partial charge in [0.2, 0.25) is 6.10 Å². The lowest BCUT2D eigenvalue weighted by Gasteiger charge is -2.25. The largest absolute Gasteiger partial charge is 0.485 e. The summed E-state index contributed by atoms with van der Waals surface area (Å²) in [4.78, 5) is 24.4. The summed E-state index contributed by atoms with van der Waals surface area (Å²) in [5.41, 5.74) is 1.67. The van der Waals surface area contributed by atoms with Crippen LogP contribution in [0.1, 0.15) is 12.5 Å². The summed E-state index contributed by atoms with van der Waals surface area (Å²) in [6.07, 6.45) is -1.85. The van der Waals surface area contributed by atoms with Crippen molar-refractivity contribution in [3.8, 4) is 11.5 Å². The van der Waals surface area contributed by atoms with Crippen molar-refractivity contribution in [1.82, 2.24) is 0 Å². The van der Waals surface area contributed by atoms with E-state index in [-0.39, 0.29) is 6.61 Å². The molecule has 0 spiro atoms. The van der Waals surface area contributed by atoms with E-state index in [4.69, 9.17) is 14.2 Å². The Kier molecular flexibility index (Phi) is 4.88. The fraction of sp³-hybridized carbons (Fsp3) is 0.263.